The van der Waals surface area contributed by atoms with E-state index in [0.717, 1.165) is 37.6 Å². The molecule has 1 heterocycles. The molecule has 0 spiro atoms. The molecule has 0 aromatic heterocycles. The van der Waals surface area contributed by atoms with Gasteiger partial charge in [0.1, 0.15) is 11.9 Å². The summed E-state index contributed by atoms with van der Waals surface area (Å²) in [6.45, 7) is 3.49. The molecule has 3 rings (SSSR count). The first-order valence-corrected chi connectivity index (χ1v) is 9.00. The molecule has 2 aromatic carbocycles. The Morgan fingerprint density at radius 2 is 1.69 bits per heavy atom. The van der Waals surface area contributed by atoms with Crippen molar-refractivity contribution in [2.24, 2.45) is 0 Å². The maximum absolute atomic E-state index is 14.4. The predicted octanol–water partition coefficient (Wildman–Crippen LogP) is 3.43. The van der Waals surface area contributed by atoms with Crippen molar-refractivity contribution in [2.75, 3.05) is 44.7 Å². The summed E-state index contributed by atoms with van der Waals surface area (Å²) in [5, 5.41) is 0. The van der Waals surface area contributed by atoms with Gasteiger partial charge < -0.3 is 9.64 Å². The molecule has 26 heavy (non-hydrogen) atoms. The minimum atomic E-state index is -1.14. The highest BCUT2D eigenvalue weighted by atomic mass is 19.1. The summed E-state index contributed by atoms with van der Waals surface area (Å²) in [7, 11) is 1.67. The van der Waals surface area contributed by atoms with E-state index in [1.165, 1.54) is 0 Å². The van der Waals surface area contributed by atoms with Crippen molar-refractivity contribution in [2.45, 2.75) is 12.6 Å². The third-order valence-electron chi connectivity index (χ3n) is 4.76. The molecule has 0 saturated carbocycles. The zero-order valence-electron chi connectivity index (χ0n) is 15.1. The molecule has 1 fully saturated rings. The third kappa shape index (κ3) is 4.61. The smallest absolute Gasteiger partial charge is 0.165 e. The van der Waals surface area contributed by atoms with Crippen LogP contribution >= 0.6 is 0 Å². The van der Waals surface area contributed by atoms with Crippen molar-refractivity contribution >= 4 is 11.5 Å². The zero-order valence-corrected chi connectivity index (χ0v) is 15.1. The average Bonchev–Trinajstić information content (AvgIpc) is 2.69. The Hall–Kier alpha value is -2.40. The number of ether oxygens (including phenoxy) is 1. The molecule has 0 amide bonds. The fraction of sp³-hybridized carbons (Fsp3) is 0.381. The molecule has 1 aliphatic rings. The second kappa shape index (κ2) is 8.81. The van der Waals surface area contributed by atoms with Crippen LogP contribution in [0.1, 0.15) is 16.8 Å². The number of piperazine rings is 1. The molecule has 2 aromatic rings. The molecule has 0 bridgehead atoms. The van der Waals surface area contributed by atoms with E-state index in [0.29, 0.717) is 12.1 Å². The Morgan fingerprint density at radius 3 is 2.38 bits per heavy atom. The molecule has 1 atom stereocenters. The molecule has 1 unspecified atom stereocenters. The minimum absolute atomic E-state index is 0.0588. The normalized spacial score (nSPS) is 16.3. The van der Waals surface area contributed by atoms with Crippen LogP contribution in [0, 0.1) is 0 Å². The lowest BCUT2D eigenvalue weighted by Gasteiger charge is -2.37. The molecule has 138 valence electrons. The number of Topliss-reactive ketones (excluding diaryl/α,β-unsaturated/α-hetero) is 1. The maximum atomic E-state index is 14.4. The summed E-state index contributed by atoms with van der Waals surface area (Å²) in [5.41, 5.74) is 1.65. The highest BCUT2D eigenvalue weighted by molar-refractivity contribution is 5.96. The van der Waals surface area contributed by atoms with Crippen LogP contribution in [0.5, 0.6) is 5.75 Å². The molecular weight excluding hydrogens is 331 g/mol. The van der Waals surface area contributed by atoms with Gasteiger partial charge in [0.2, 0.25) is 0 Å². The fourth-order valence-corrected chi connectivity index (χ4v) is 3.35. The second-order valence-corrected chi connectivity index (χ2v) is 6.55. The third-order valence-corrected chi connectivity index (χ3v) is 4.76. The van der Waals surface area contributed by atoms with Gasteiger partial charge in [0, 0.05) is 44.7 Å². The number of benzene rings is 2. The maximum Gasteiger partial charge on any atom is 0.165 e. The number of halogens is 1. The van der Waals surface area contributed by atoms with Crippen molar-refractivity contribution in [1.82, 2.24) is 4.90 Å². The summed E-state index contributed by atoms with van der Waals surface area (Å²) in [5.74, 6) is 0.725. The summed E-state index contributed by atoms with van der Waals surface area (Å²) >= 11 is 0. The quantitative estimate of drug-likeness (QED) is 0.712. The van der Waals surface area contributed by atoms with Gasteiger partial charge in [-0.3, -0.25) is 9.69 Å². The Labute approximate surface area is 154 Å². The van der Waals surface area contributed by atoms with E-state index >= 15 is 0 Å². The topological polar surface area (TPSA) is 32.8 Å². The molecular formula is C21H25FN2O2. The van der Waals surface area contributed by atoms with Crippen molar-refractivity contribution in [3.63, 3.8) is 0 Å². The number of ketones is 1. The van der Waals surface area contributed by atoms with Crippen LogP contribution in [0.2, 0.25) is 0 Å². The second-order valence-electron chi connectivity index (χ2n) is 6.55. The van der Waals surface area contributed by atoms with Gasteiger partial charge in [-0.15, -0.1) is 0 Å². The largest absolute Gasteiger partial charge is 0.495 e. The molecule has 5 heteroatoms. The molecule has 0 radical (unpaired) electrons. The first-order valence-electron chi connectivity index (χ1n) is 9.00. The van der Waals surface area contributed by atoms with Gasteiger partial charge in [-0.1, -0.05) is 42.5 Å². The molecule has 1 aliphatic heterocycles. The van der Waals surface area contributed by atoms with Crippen LogP contribution < -0.4 is 9.64 Å². The lowest BCUT2D eigenvalue weighted by atomic mass is 10.1. The Kier molecular flexibility index (Phi) is 6.23. The van der Waals surface area contributed by atoms with Gasteiger partial charge in [-0.05, 0) is 12.1 Å². The molecule has 0 N–H and O–H groups in total. The number of rotatable bonds is 7. The lowest BCUT2D eigenvalue weighted by Crippen LogP contribution is -2.48. The number of carbonyl (C=O) groups is 1. The number of methoxy groups -OCH3 is 1. The lowest BCUT2D eigenvalue weighted by molar-refractivity contribution is 0.0919. The minimum Gasteiger partial charge on any atom is -0.495 e. The van der Waals surface area contributed by atoms with Crippen molar-refractivity contribution in [3.05, 3.63) is 60.2 Å². The Morgan fingerprint density at radius 1 is 1.04 bits per heavy atom. The summed E-state index contributed by atoms with van der Waals surface area (Å²) in [6, 6.07) is 16.9. The number of anilines is 1. The monoisotopic (exact) mass is 356 g/mol. The summed E-state index contributed by atoms with van der Waals surface area (Å²) in [6.07, 6.45) is -1.20. The van der Waals surface area contributed by atoms with E-state index in [9.17, 15) is 9.18 Å². The van der Waals surface area contributed by atoms with E-state index in [2.05, 4.69) is 9.80 Å². The van der Waals surface area contributed by atoms with Crippen LogP contribution in [0.3, 0.4) is 0 Å². The SMILES string of the molecule is COc1ccccc1N1CCN(CC(F)CC(=O)c2ccccc2)CC1. The van der Waals surface area contributed by atoms with Crippen LogP contribution in [-0.2, 0) is 0 Å². The van der Waals surface area contributed by atoms with Crippen molar-refractivity contribution < 1.29 is 13.9 Å². The Bertz CT molecular complexity index is 715. The van der Waals surface area contributed by atoms with Crippen LogP contribution in [0.15, 0.2) is 54.6 Å². The fourth-order valence-electron chi connectivity index (χ4n) is 3.35. The van der Waals surface area contributed by atoms with Gasteiger partial charge in [-0.25, -0.2) is 4.39 Å². The number of nitrogens with zero attached hydrogens (tertiary/aromatic N) is 2. The van der Waals surface area contributed by atoms with Gasteiger partial charge in [0.15, 0.2) is 5.78 Å². The van der Waals surface area contributed by atoms with Crippen molar-refractivity contribution in [1.29, 1.82) is 0 Å². The van der Waals surface area contributed by atoms with E-state index in [4.69, 9.17) is 4.74 Å². The highest BCUT2D eigenvalue weighted by Gasteiger charge is 2.23. The average molecular weight is 356 g/mol. The Balaban J connectivity index is 1.48. The van der Waals surface area contributed by atoms with Crippen molar-refractivity contribution in [3.8, 4) is 5.75 Å². The highest BCUT2D eigenvalue weighted by Crippen LogP contribution is 2.28. The number of hydrogen-bond acceptors (Lipinski definition) is 4. The van der Waals surface area contributed by atoms with E-state index < -0.39 is 6.17 Å². The summed E-state index contributed by atoms with van der Waals surface area (Å²) in [4.78, 5) is 16.5. The number of alkyl halides is 1. The predicted molar refractivity (Wildman–Crippen MR) is 102 cm³/mol. The number of para-hydroxylation sites is 2. The molecule has 1 saturated heterocycles. The van der Waals surface area contributed by atoms with Crippen LogP contribution in [0.4, 0.5) is 10.1 Å². The first kappa shape index (κ1) is 18.4. The van der Waals surface area contributed by atoms with E-state index in [1.807, 2.05) is 30.3 Å². The van der Waals surface area contributed by atoms with Crippen LogP contribution in [0.25, 0.3) is 0 Å². The van der Waals surface area contributed by atoms with Gasteiger partial charge in [0.05, 0.1) is 12.8 Å². The van der Waals surface area contributed by atoms with Gasteiger partial charge in [-0.2, -0.15) is 0 Å². The number of hydrogen-bond donors (Lipinski definition) is 0. The molecule has 0 aliphatic carbocycles. The number of carbonyl (C=O) groups excluding carboxylic acids is 1. The zero-order chi connectivity index (χ0) is 18.4. The van der Waals surface area contributed by atoms with Gasteiger partial charge in [0.25, 0.3) is 0 Å². The first-order chi connectivity index (χ1) is 12.7. The van der Waals surface area contributed by atoms with E-state index in [-0.39, 0.29) is 12.2 Å². The van der Waals surface area contributed by atoms with Crippen LogP contribution in [-0.4, -0.2) is 56.7 Å². The van der Waals surface area contributed by atoms with E-state index in [1.54, 1.807) is 31.4 Å². The van der Waals surface area contributed by atoms with Gasteiger partial charge >= 0.3 is 0 Å². The molecule has 4 nitrogen and oxygen atoms in total. The summed E-state index contributed by atoms with van der Waals surface area (Å²) < 4.78 is 19.8. The standard InChI is InChI=1S/C21H25FN2O2/c1-26-21-10-6-5-9-19(21)24-13-11-23(12-14-24)16-18(22)15-20(25)17-7-3-2-4-8-17/h2-10,18H,11-16H2,1H3.